The van der Waals surface area contributed by atoms with E-state index in [0.717, 1.165) is 0 Å². The van der Waals surface area contributed by atoms with Gasteiger partial charge in [-0.2, -0.15) is 0 Å². The van der Waals surface area contributed by atoms with Crippen LogP contribution in [0.5, 0.6) is 5.75 Å². The second-order valence-corrected chi connectivity index (χ2v) is 6.61. The van der Waals surface area contributed by atoms with Gasteiger partial charge in [0.05, 0.1) is 25.1 Å². The van der Waals surface area contributed by atoms with E-state index in [0.29, 0.717) is 20.8 Å². The van der Waals surface area contributed by atoms with E-state index < -0.39 is 6.10 Å². The van der Waals surface area contributed by atoms with Gasteiger partial charge in [-0.3, -0.25) is 4.79 Å². The zero-order chi connectivity index (χ0) is 17.1. The van der Waals surface area contributed by atoms with Gasteiger partial charge in [0.2, 0.25) is 0 Å². The third-order valence-corrected chi connectivity index (χ3v) is 4.59. The number of amides is 1. The topological polar surface area (TPSA) is 38.3 Å². The van der Waals surface area contributed by atoms with Gasteiger partial charge in [-0.1, -0.05) is 58.0 Å². The van der Waals surface area contributed by atoms with E-state index in [1.54, 1.807) is 25.1 Å². The fourth-order valence-electron chi connectivity index (χ4n) is 1.66. The van der Waals surface area contributed by atoms with Gasteiger partial charge in [0, 0.05) is 11.8 Å². The predicted molar refractivity (Wildman–Crippen MR) is 96.7 cm³/mol. The molecule has 0 fully saturated rings. The molecule has 1 N–H and O–H groups in total. The quantitative estimate of drug-likeness (QED) is 0.592. The summed E-state index contributed by atoms with van der Waals surface area (Å²) in [6.45, 7) is 1.58. The second-order valence-electron chi connectivity index (χ2n) is 4.57. The maximum absolute atomic E-state index is 12.2. The first kappa shape index (κ1) is 18.5. The van der Waals surface area contributed by atoms with Crippen LogP contribution in [0.25, 0.3) is 0 Å². The van der Waals surface area contributed by atoms with Gasteiger partial charge in [-0.25, -0.2) is 0 Å². The molecule has 0 aromatic heterocycles. The Kier molecular flexibility index (Phi) is 6.29. The van der Waals surface area contributed by atoms with Crippen LogP contribution in [0.4, 0.5) is 5.69 Å². The highest BCUT2D eigenvalue weighted by atomic mass is 35.5. The van der Waals surface area contributed by atoms with Crippen molar-refractivity contribution in [2.75, 3.05) is 5.32 Å². The van der Waals surface area contributed by atoms with Gasteiger partial charge in [0.15, 0.2) is 6.10 Å². The van der Waals surface area contributed by atoms with Gasteiger partial charge < -0.3 is 10.1 Å². The number of halogens is 5. The highest BCUT2D eigenvalue weighted by molar-refractivity contribution is 6.43. The van der Waals surface area contributed by atoms with Crippen molar-refractivity contribution in [3.63, 3.8) is 0 Å². The summed E-state index contributed by atoms with van der Waals surface area (Å²) in [6.07, 6.45) is -0.820. The molecule has 0 heterocycles. The van der Waals surface area contributed by atoms with Crippen LogP contribution < -0.4 is 10.1 Å². The number of ether oxygens (including phenoxy) is 1. The van der Waals surface area contributed by atoms with Crippen molar-refractivity contribution in [3.8, 4) is 5.75 Å². The van der Waals surface area contributed by atoms with Gasteiger partial charge >= 0.3 is 0 Å². The van der Waals surface area contributed by atoms with Crippen LogP contribution in [0.15, 0.2) is 30.3 Å². The van der Waals surface area contributed by atoms with E-state index >= 15 is 0 Å². The highest BCUT2D eigenvalue weighted by Gasteiger charge is 2.18. The smallest absolute Gasteiger partial charge is 0.265 e. The third kappa shape index (κ3) is 4.82. The molecule has 0 bridgehead atoms. The van der Waals surface area contributed by atoms with Crippen LogP contribution in [0.2, 0.25) is 25.1 Å². The molecule has 2 aromatic rings. The van der Waals surface area contributed by atoms with E-state index in [1.165, 1.54) is 12.1 Å². The molecule has 0 aliphatic rings. The minimum atomic E-state index is -0.820. The van der Waals surface area contributed by atoms with Crippen molar-refractivity contribution < 1.29 is 9.53 Å². The molecule has 0 unspecified atom stereocenters. The Morgan fingerprint density at radius 1 is 0.913 bits per heavy atom. The molecular weight excluding hydrogens is 403 g/mol. The van der Waals surface area contributed by atoms with Crippen molar-refractivity contribution in [1.29, 1.82) is 0 Å². The van der Waals surface area contributed by atoms with Crippen LogP contribution in [-0.2, 0) is 4.79 Å². The number of anilines is 1. The van der Waals surface area contributed by atoms with Crippen LogP contribution in [0.3, 0.4) is 0 Å². The Morgan fingerprint density at radius 2 is 1.52 bits per heavy atom. The Bertz CT molecular complexity index is 751. The number of carbonyl (C=O) groups is 1. The van der Waals surface area contributed by atoms with E-state index in [9.17, 15) is 4.79 Å². The number of nitrogens with one attached hydrogen (secondary N) is 1. The van der Waals surface area contributed by atoms with Gasteiger partial charge in [-0.05, 0) is 31.2 Å². The second kappa shape index (κ2) is 7.82. The molecule has 1 atom stereocenters. The largest absolute Gasteiger partial charge is 0.479 e. The van der Waals surface area contributed by atoms with E-state index in [4.69, 9.17) is 62.7 Å². The molecule has 0 saturated carbocycles. The number of hydrogen-bond acceptors (Lipinski definition) is 2. The maximum Gasteiger partial charge on any atom is 0.265 e. The summed E-state index contributed by atoms with van der Waals surface area (Å²) in [5.41, 5.74) is 0.500. The van der Waals surface area contributed by atoms with Crippen molar-refractivity contribution in [2.24, 2.45) is 0 Å². The first-order chi connectivity index (χ1) is 10.8. The molecular formula is C15H10Cl5NO2. The fraction of sp³-hybridized carbons (Fsp3) is 0.133. The number of benzene rings is 2. The van der Waals surface area contributed by atoms with E-state index in [1.807, 2.05) is 0 Å². The van der Waals surface area contributed by atoms with Crippen molar-refractivity contribution in [3.05, 3.63) is 55.4 Å². The number of carbonyl (C=O) groups excluding carboxylic acids is 1. The highest BCUT2D eigenvalue weighted by Crippen LogP contribution is 2.34. The molecule has 2 aromatic carbocycles. The summed E-state index contributed by atoms with van der Waals surface area (Å²) < 4.78 is 5.52. The Morgan fingerprint density at radius 3 is 2.17 bits per heavy atom. The number of hydrogen-bond donors (Lipinski definition) is 1. The average molecular weight is 414 g/mol. The molecule has 0 spiro atoms. The first-order valence-corrected chi connectivity index (χ1v) is 8.24. The SMILES string of the molecule is C[C@@H](Oc1cc(Cl)c(Cl)cc1Cl)C(=O)Nc1ccc(Cl)c(Cl)c1. The first-order valence-electron chi connectivity index (χ1n) is 6.35. The van der Waals surface area contributed by atoms with Gasteiger partial charge in [0.25, 0.3) is 5.91 Å². The lowest BCUT2D eigenvalue weighted by Gasteiger charge is -2.16. The molecule has 1 amide bonds. The zero-order valence-corrected chi connectivity index (χ0v) is 15.5. The van der Waals surface area contributed by atoms with E-state index in [2.05, 4.69) is 5.32 Å². The molecule has 2 rings (SSSR count). The molecule has 0 aliphatic carbocycles. The molecule has 8 heteroatoms. The molecule has 0 radical (unpaired) electrons. The van der Waals surface area contributed by atoms with Gasteiger partial charge in [-0.15, -0.1) is 0 Å². The number of rotatable bonds is 4. The molecule has 23 heavy (non-hydrogen) atoms. The van der Waals surface area contributed by atoms with Crippen LogP contribution in [0, 0.1) is 0 Å². The normalized spacial score (nSPS) is 11.9. The fourth-order valence-corrected chi connectivity index (χ4v) is 2.54. The predicted octanol–water partition coefficient (Wildman–Crippen LogP) is 6.36. The average Bonchev–Trinajstić information content (AvgIpc) is 2.48. The monoisotopic (exact) mass is 411 g/mol. The Hall–Kier alpha value is -0.840. The van der Waals surface area contributed by atoms with Crippen LogP contribution in [0.1, 0.15) is 6.92 Å². The summed E-state index contributed by atoms with van der Waals surface area (Å²) in [6, 6.07) is 7.66. The molecule has 122 valence electrons. The van der Waals surface area contributed by atoms with Crippen molar-refractivity contribution in [2.45, 2.75) is 13.0 Å². The van der Waals surface area contributed by atoms with Crippen LogP contribution >= 0.6 is 58.0 Å². The summed E-state index contributed by atoms with van der Waals surface area (Å²) >= 11 is 29.5. The summed E-state index contributed by atoms with van der Waals surface area (Å²) in [4.78, 5) is 12.2. The third-order valence-electron chi connectivity index (χ3n) is 2.83. The standard InChI is InChI=1S/C15H10Cl5NO2/c1-7(23-14-6-12(19)11(18)5-13(14)20)15(22)21-8-2-3-9(16)10(17)4-8/h2-7H,1H3,(H,21,22)/t7-/m1/s1. The molecule has 0 saturated heterocycles. The lowest BCUT2D eigenvalue weighted by atomic mass is 10.3. The minimum absolute atomic E-state index is 0.258. The maximum atomic E-state index is 12.2. The lowest BCUT2D eigenvalue weighted by Crippen LogP contribution is -2.30. The molecule has 0 aliphatic heterocycles. The minimum Gasteiger partial charge on any atom is -0.479 e. The van der Waals surface area contributed by atoms with Crippen molar-refractivity contribution in [1.82, 2.24) is 0 Å². The van der Waals surface area contributed by atoms with Gasteiger partial charge in [0.1, 0.15) is 5.75 Å². The Labute approximate surface area is 158 Å². The summed E-state index contributed by atoms with van der Waals surface area (Å²) in [7, 11) is 0. The van der Waals surface area contributed by atoms with E-state index in [-0.39, 0.29) is 21.7 Å². The lowest BCUT2D eigenvalue weighted by molar-refractivity contribution is -0.122. The molecule has 3 nitrogen and oxygen atoms in total. The summed E-state index contributed by atoms with van der Waals surface area (Å²) in [5.74, 6) is -0.122. The summed E-state index contributed by atoms with van der Waals surface area (Å²) in [5, 5.41) is 4.25. The Balaban J connectivity index is 2.08. The van der Waals surface area contributed by atoms with Crippen LogP contribution in [-0.4, -0.2) is 12.0 Å². The zero-order valence-electron chi connectivity index (χ0n) is 11.7. The van der Waals surface area contributed by atoms with Crippen molar-refractivity contribution >= 4 is 69.6 Å².